The Kier molecular flexibility index (Phi) is 8.01. The Morgan fingerprint density at radius 3 is 2.12 bits per heavy atom. The zero-order valence-electron chi connectivity index (χ0n) is 12.6. The third-order valence-electron chi connectivity index (χ3n) is 2.77. The van der Waals surface area contributed by atoms with Gasteiger partial charge in [-0.15, -0.1) is 0 Å². The summed E-state index contributed by atoms with van der Waals surface area (Å²) in [5, 5.41) is 3.47. The molecule has 0 amide bonds. The molecule has 0 unspecified atom stereocenters. The molecule has 0 rings (SSSR count). The van der Waals surface area contributed by atoms with Crippen LogP contribution in [0.5, 0.6) is 0 Å². The highest BCUT2D eigenvalue weighted by Gasteiger charge is 2.15. The first kappa shape index (κ1) is 16.9. The lowest BCUT2D eigenvalue weighted by atomic mass is 10.1. The average molecular weight is 245 g/mol. The zero-order chi connectivity index (χ0) is 13.4. The molecule has 104 valence electrons. The van der Waals surface area contributed by atoms with Crippen molar-refractivity contribution < 1.29 is 9.47 Å². The monoisotopic (exact) mass is 245 g/mol. The minimum absolute atomic E-state index is 0.0617. The highest BCUT2D eigenvalue weighted by Crippen LogP contribution is 2.12. The van der Waals surface area contributed by atoms with Gasteiger partial charge in [-0.3, -0.25) is 0 Å². The van der Waals surface area contributed by atoms with Crippen LogP contribution in [0.1, 0.15) is 53.9 Å². The number of hydrogen-bond donors (Lipinski definition) is 1. The molecule has 0 aromatic heterocycles. The van der Waals surface area contributed by atoms with Crippen LogP contribution in [-0.4, -0.2) is 38.0 Å². The van der Waals surface area contributed by atoms with Crippen molar-refractivity contribution in [2.24, 2.45) is 0 Å². The van der Waals surface area contributed by atoms with Crippen molar-refractivity contribution in [2.45, 2.75) is 65.0 Å². The van der Waals surface area contributed by atoms with E-state index in [1.54, 1.807) is 7.11 Å². The summed E-state index contributed by atoms with van der Waals surface area (Å²) < 4.78 is 10.9. The predicted molar refractivity (Wildman–Crippen MR) is 73.5 cm³/mol. The summed E-state index contributed by atoms with van der Waals surface area (Å²) in [6.07, 6.45) is 3.24. The number of rotatable bonds is 9. The van der Waals surface area contributed by atoms with Crippen LogP contribution < -0.4 is 5.32 Å². The summed E-state index contributed by atoms with van der Waals surface area (Å²) in [6.45, 7) is 13.5. The Balaban J connectivity index is 3.25. The average Bonchev–Trinajstić information content (AvgIpc) is 2.20. The van der Waals surface area contributed by atoms with E-state index >= 15 is 0 Å². The normalized spacial score (nSPS) is 13.1. The number of methoxy groups -OCH3 is 1. The van der Waals surface area contributed by atoms with Crippen LogP contribution >= 0.6 is 0 Å². The molecule has 0 aliphatic carbocycles. The van der Waals surface area contributed by atoms with E-state index in [0.717, 1.165) is 32.6 Å². The van der Waals surface area contributed by atoms with E-state index in [2.05, 4.69) is 39.9 Å². The molecule has 0 heterocycles. The lowest BCUT2D eigenvalue weighted by molar-refractivity contribution is -0.0101. The van der Waals surface area contributed by atoms with E-state index in [0.29, 0.717) is 0 Å². The summed E-state index contributed by atoms with van der Waals surface area (Å²) in [5.41, 5.74) is 0.164. The minimum Gasteiger partial charge on any atom is -0.381 e. The maximum Gasteiger partial charge on any atom is 0.0644 e. The van der Waals surface area contributed by atoms with Crippen LogP contribution in [0.2, 0.25) is 0 Å². The molecule has 0 radical (unpaired) electrons. The van der Waals surface area contributed by atoms with Crippen molar-refractivity contribution in [3.8, 4) is 0 Å². The topological polar surface area (TPSA) is 30.5 Å². The van der Waals surface area contributed by atoms with E-state index in [4.69, 9.17) is 9.47 Å². The fourth-order valence-electron chi connectivity index (χ4n) is 1.31. The Morgan fingerprint density at radius 2 is 1.59 bits per heavy atom. The van der Waals surface area contributed by atoms with Crippen molar-refractivity contribution in [3.63, 3.8) is 0 Å². The van der Waals surface area contributed by atoms with Gasteiger partial charge in [-0.2, -0.15) is 0 Å². The Labute approximate surface area is 107 Å². The molecule has 0 aromatic rings. The SMILES string of the molecule is COC(C)(C)CCOCCCCNC(C)(C)C. The summed E-state index contributed by atoms with van der Waals surface area (Å²) >= 11 is 0. The smallest absolute Gasteiger partial charge is 0.0644 e. The van der Waals surface area contributed by atoms with E-state index in [1.807, 2.05) is 0 Å². The van der Waals surface area contributed by atoms with Crippen molar-refractivity contribution in [1.82, 2.24) is 5.32 Å². The lowest BCUT2D eigenvalue weighted by Gasteiger charge is -2.22. The first-order valence-corrected chi connectivity index (χ1v) is 6.65. The second-order valence-electron chi connectivity index (χ2n) is 6.21. The van der Waals surface area contributed by atoms with Gasteiger partial charge < -0.3 is 14.8 Å². The van der Waals surface area contributed by atoms with Crippen LogP contribution in [0.25, 0.3) is 0 Å². The minimum atomic E-state index is -0.0617. The fourth-order valence-corrected chi connectivity index (χ4v) is 1.31. The summed E-state index contributed by atoms with van der Waals surface area (Å²) in [7, 11) is 1.75. The summed E-state index contributed by atoms with van der Waals surface area (Å²) in [6, 6.07) is 0. The van der Waals surface area contributed by atoms with Gasteiger partial charge in [-0.1, -0.05) is 0 Å². The predicted octanol–water partition coefficient (Wildman–Crippen LogP) is 2.99. The number of hydrogen-bond acceptors (Lipinski definition) is 3. The van der Waals surface area contributed by atoms with E-state index in [-0.39, 0.29) is 11.1 Å². The molecule has 0 saturated heterocycles. The second kappa shape index (κ2) is 8.06. The highest BCUT2D eigenvalue weighted by molar-refractivity contribution is 4.69. The molecule has 0 aliphatic rings. The van der Waals surface area contributed by atoms with Gasteiger partial charge in [0.25, 0.3) is 0 Å². The van der Waals surface area contributed by atoms with Crippen LogP contribution in [0.4, 0.5) is 0 Å². The summed E-state index contributed by atoms with van der Waals surface area (Å²) in [5.74, 6) is 0. The third-order valence-corrected chi connectivity index (χ3v) is 2.77. The Hall–Kier alpha value is -0.120. The van der Waals surface area contributed by atoms with E-state index in [1.165, 1.54) is 6.42 Å². The van der Waals surface area contributed by atoms with Gasteiger partial charge in [0.2, 0.25) is 0 Å². The van der Waals surface area contributed by atoms with Crippen molar-refractivity contribution in [2.75, 3.05) is 26.9 Å². The molecule has 0 saturated carbocycles. The van der Waals surface area contributed by atoms with Gasteiger partial charge in [0.1, 0.15) is 0 Å². The van der Waals surface area contributed by atoms with Crippen molar-refractivity contribution in [3.05, 3.63) is 0 Å². The molecule has 3 heteroatoms. The van der Waals surface area contributed by atoms with E-state index in [9.17, 15) is 0 Å². The quantitative estimate of drug-likeness (QED) is 0.633. The molecule has 17 heavy (non-hydrogen) atoms. The molecule has 0 bridgehead atoms. The lowest BCUT2D eigenvalue weighted by Crippen LogP contribution is -2.36. The van der Waals surface area contributed by atoms with Gasteiger partial charge in [0.05, 0.1) is 5.60 Å². The van der Waals surface area contributed by atoms with Gasteiger partial charge >= 0.3 is 0 Å². The van der Waals surface area contributed by atoms with Gasteiger partial charge in [-0.25, -0.2) is 0 Å². The molecule has 1 N–H and O–H groups in total. The Morgan fingerprint density at radius 1 is 0.941 bits per heavy atom. The molecule has 0 atom stereocenters. The van der Waals surface area contributed by atoms with Gasteiger partial charge in [-0.05, 0) is 60.4 Å². The Bertz CT molecular complexity index is 185. The zero-order valence-corrected chi connectivity index (χ0v) is 12.6. The maximum atomic E-state index is 5.60. The van der Waals surface area contributed by atoms with Gasteiger partial charge in [0, 0.05) is 25.9 Å². The van der Waals surface area contributed by atoms with Crippen molar-refractivity contribution >= 4 is 0 Å². The van der Waals surface area contributed by atoms with Crippen molar-refractivity contribution in [1.29, 1.82) is 0 Å². The van der Waals surface area contributed by atoms with Crippen LogP contribution in [0, 0.1) is 0 Å². The largest absolute Gasteiger partial charge is 0.381 e. The second-order valence-corrected chi connectivity index (χ2v) is 6.21. The number of ether oxygens (including phenoxy) is 2. The first-order chi connectivity index (χ1) is 7.77. The number of nitrogens with one attached hydrogen (secondary N) is 1. The molecule has 0 aromatic carbocycles. The molecular formula is C14H31NO2. The maximum absolute atomic E-state index is 5.60. The van der Waals surface area contributed by atoms with Crippen LogP contribution in [0.15, 0.2) is 0 Å². The molecule has 0 aliphatic heterocycles. The summed E-state index contributed by atoms with van der Waals surface area (Å²) in [4.78, 5) is 0. The molecular weight excluding hydrogens is 214 g/mol. The van der Waals surface area contributed by atoms with Crippen LogP contribution in [0.3, 0.4) is 0 Å². The molecule has 0 spiro atoms. The first-order valence-electron chi connectivity index (χ1n) is 6.65. The third kappa shape index (κ3) is 12.1. The molecule has 0 fully saturated rings. The molecule has 3 nitrogen and oxygen atoms in total. The standard InChI is InChI=1S/C14H31NO2/c1-13(2,3)15-10-7-8-11-17-12-9-14(4,5)16-6/h15H,7-12H2,1-6H3. The van der Waals surface area contributed by atoms with E-state index < -0.39 is 0 Å². The highest BCUT2D eigenvalue weighted by atomic mass is 16.5. The number of unbranched alkanes of at least 4 members (excludes halogenated alkanes) is 1. The van der Waals surface area contributed by atoms with Gasteiger partial charge in [0.15, 0.2) is 0 Å². The van der Waals surface area contributed by atoms with Crippen LogP contribution in [-0.2, 0) is 9.47 Å². The fraction of sp³-hybridized carbons (Fsp3) is 1.00.